The van der Waals surface area contributed by atoms with E-state index in [0.29, 0.717) is 9.79 Å². The number of carbonyl (C=O) groups is 1. The van der Waals surface area contributed by atoms with Crippen LogP contribution in [0.25, 0.3) is 0 Å². The van der Waals surface area contributed by atoms with Gasteiger partial charge in [-0.05, 0) is 30.3 Å². The number of aromatic carboxylic acids is 1. The number of rotatable bonds is 3. The van der Waals surface area contributed by atoms with E-state index in [1.807, 2.05) is 0 Å². The van der Waals surface area contributed by atoms with E-state index in [4.69, 9.17) is 5.11 Å². The number of hydrogen-bond acceptors (Lipinski definition) is 3. The summed E-state index contributed by atoms with van der Waals surface area (Å²) in [7, 11) is 0. The quantitative estimate of drug-likeness (QED) is 0.927. The molecule has 0 atom stereocenters. The molecule has 0 spiro atoms. The smallest absolute Gasteiger partial charge is 0.354 e. The van der Waals surface area contributed by atoms with Crippen molar-refractivity contribution in [2.75, 3.05) is 0 Å². The van der Waals surface area contributed by atoms with E-state index in [1.165, 1.54) is 30.1 Å². The minimum Gasteiger partial charge on any atom is -0.477 e. The molecule has 1 N–H and O–H groups in total. The van der Waals surface area contributed by atoms with Crippen molar-refractivity contribution in [3.8, 4) is 0 Å². The Bertz CT molecular complexity index is 587. The second kappa shape index (κ2) is 5.14. The van der Waals surface area contributed by atoms with E-state index in [1.54, 1.807) is 6.07 Å². The molecule has 0 aliphatic carbocycles. The highest BCUT2D eigenvalue weighted by Crippen LogP contribution is 2.28. The van der Waals surface area contributed by atoms with Crippen LogP contribution in [0.1, 0.15) is 10.5 Å². The Morgan fingerprint density at radius 1 is 1.11 bits per heavy atom. The van der Waals surface area contributed by atoms with E-state index >= 15 is 0 Å². The van der Waals surface area contributed by atoms with E-state index in [9.17, 15) is 13.6 Å². The maximum Gasteiger partial charge on any atom is 0.354 e. The lowest BCUT2D eigenvalue weighted by atomic mass is 10.3. The molecule has 2 rings (SSSR count). The molecular formula is C12H7F2NO2S. The van der Waals surface area contributed by atoms with Crippen LogP contribution in [0.4, 0.5) is 8.78 Å². The Labute approximate surface area is 105 Å². The number of halogens is 2. The summed E-state index contributed by atoms with van der Waals surface area (Å²) < 4.78 is 25.7. The van der Waals surface area contributed by atoms with Gasteiger partial charge in [0.25, 0.3) is 0 Å². The zero-order valence-electron chi connectivity index (χ0n) is 8.93. The Morgan fingerprint density at radius 3 is 2.39 bits per heavy atom. The van der Waals surface area contributed by atoms with Crippen molar-refractivity contribution in [2.45, 2.75) is 9.79 Å². The number of nitrogens with zero attached hydrogens (tertiary/aromatic N) is 1. The molecule has 2 aromatic rings. The number of hydrogen-bond donors (Lipinski definition) is 1. The van der Waals surface area contributed by atoms with Gasteiger partial charge in [0.05, 0.1) is 0 Å². The van der Waals surface area contributed by atoms with Gasteiger partial charge in [-0.3, -0.25) is 0 Å². The fourth-order valence-electron chi connectivity index (χ4n) is 1.24. The van der Waals surface area contributed by atoms with Crippen molar-refractivity contribution < 1.29 is 18.7 Å². The van der Waals surface area contributed by atoms with Crippen LogP contribution in [0, 0.1) is 11.6 Å². The molecule has 18 heavy (non-hydrogen) atoms. The SMILES string of the molecule is O=C(O)c1ccc(Sc2ccc(F)c(F)c2)cn1. The molecule has 0 saturated carbocycles. The highest BCUT2D eigenvalue weighted by molar-refractivity contribution is 7.99. The summed E-state index contributed by atoms with van der Waals surface area (Å²) >= 11 is 1.17. The molecule has 3 nitrogen and oxygen atoms in total. The first-order valence-corrected chi connectivity index (χ1v) is 5.70. The fraction of sp³-hybridized carbons (Fsp3) is 0. The highest BCUT2D eigenvalue weighted by Gasteiger charge is 2.06. The number of carboxylic acids is 1. The first-order chi connectivity index (χ1) is 8.56. The van der Waals surface area contributed by atoms with Gasteiger partial charge in [0, 0.05) is 16.0 Å². The molecule has 1 aromatic carbocycles. The molecule has 1 heterocycles. The number of pyridine rings is 1. The lowest BCUT2D eigenvalue weighted by molar-refractivity contribution is 0.0690. The first kappa shape index (κ1) is 12.5. The Kier molecular flexibility index (Phi) is 3.57. The summed E-state index contributed by atoms with van der Waals surface area (Å²) in [4.78, 5) is 15.5. The summed E-state index contributed by atoms with van der Waals surface area (Å²) in [6, 6.07) is 6.46. The molecule has 6 heteroatoms. The Balaban J connectivity index is 2.18. The van der Waals surface area contributed by atoms with Gasteiger partial charge in [0.15, 0.2) is 11.6 Å². The van der Waals surface area contributed by atoms with Crippen molar-refractivity contribution in [3.05, 3.63) is 53.9 Å². The predicted molar refractivity (Wildman–Crippen MR) is 61.7 cm³/mol. The zero-order chi connectivity index (χ0) is 13.1. The maximum absolute atomic E-state index is 13.0. The van der Waals surface area contributed by atoms with Crippen LogP contribution < -0.4 is 0 Å². The monoisotopic (exact) mass is 267 g/mol. The van der Waals surface area contributed by atoms with Crippen LogP contribution in [0.3, 0.4) is 0 Å². The van der Waals surface area contributed by atoms with Gasteiger partial charge < -0.3 is 5.11 Å². The minimum absolute atomic E-state index is 0.0652. The lowest BCUT2D eigenvalue weighted by Crippen LogP contribution is -1.98. The van der Waals surface area contributed by atoms with Gasteiger partial charge in [0.1, 0.15) is 5.69 Å². The summed E-state index contributed by atoms with van der Waals surface area (Å²) in [5, 5.41) is 8.67. The molecule has 0 fully saturated rings. The van der Waals surface area contributed by atoms with Crippen LogP contribution in [-0.2, 0) is 0 Å². The van der Waals surface area contributed by atoms with Gasteiger partial charge >= 0.3 is 5.97 Å². The second-order valence-corrected chi connectivity index (χ2v) is 4.51. The fourth-order valence-corrected chi connectivity index (χ4v) is 2.06. The Hall–Kier alpha value is -1.95. The normalized spacial score (nSPS) is 10.3. The van der Waals surface area contributed by atoms with Crippen molar-refractivity contribution in [3.63, 3.8) is 0 Å². The molecule has 0 amide bonds. The van der Waals surface area contributed by atoms with Gasteiger partial charge in [-0.2, -0.15) is 0 Å². The number of carboxylic acid groups (broad SMARTS) is 1. The summed E-state index contributed by atoms with van der Waals surface area (Å²) in [5.41, 5.74) is -0.0652. The van der Waals surface area contributed by atoms with Gasteiger partial charge in [-0.15, -0.1) is 0 Å². The number of aromatic nitrogens is 1. The van der Waals surface area contributed by atoms with E-state index in [0.717, 1.165) is 12.1 Å². The molecule has 0 aliphatic rings. The average Bonchev–Trinajstić information content (AvgIpc) is 2.34. The number of benzene rings is 1. The summed E-state index contributed by atoms with van der Waals surface area (Å²) in [6.07, 6.45) is 1.37. The molecule has 0 unspecified atom stereocenters. The van der Waals surface area contributed by atoms with Crippen LogP contribution >= 0.6 is 11.8 Å². The standard InChI is InChI=1S/C12H7F2NO2S/c13-9-3-1-7(5-10(9)14)18-8-2-4-11(12(16)17)15-6-8/h1-6H,(H,16,17). The van der Waals surface area contributed by atoms with E-state index in [-0.39, 0.29) is 5.69 Å². The third-order valence-corrected chi connectivity index (χ3v) is 3.05. The molecule has 0 radical (unpaired) electrons. The molecule has 92 valence electrons. The van der Waals surface area contributed by atoms with Crippen LogP contribution in [0.2, 0.25) is 0 Å². The van der Waals surface area contributed by atoms with E-state index in [2.05, 4.69) is 4.98 Å². The van der Waals surface area contributed by atoms with Crippen molar-refractivity contribution in [2.24, 2.45) is 0 Å². The minimum atomic E-state index is -1.11. The predicted octanol–water partition coefficient (Wildman–Crippen LogP) is 3.21. The van der Waals surface area contributed by atoms with Gasteiger partial charge in [-0.1, -0.05) is 11.8 Å². The van der Waals surface area contributed by atoms with Crippen LogP contribution in [0.5, 0.6) is 0 Å². The van der Waals surface area contributed by atoms with Crippen molar-refractivity contribution in [1.82, 2.24) is 4.98 Å². The third-order valence-electron chi connectivity index (χ3n) is 2.08. The zero-order valence-corrected chi connectivity index (χ0v) is 9.75. The first-order valence-electron chi connectivity index (χ1n) is 4.88. The molecule has 0 aliphatic heterocycles. The summed E-state index contributed by atoms with van der Waals surface area (Å²) in [5.74, 6) is -2.94. The van der Waals surface area contributed by atoms with Gasteiger partial charge in [0.2, 0.25) is 0 Å². The van der Waals surface area contributed by atoms with Crippen molar-refractivity contribution >= 4 is 17.7 Å². The average molecular weight is 267 g/mol. The van der Waals surface area contributed by atoms with Crippen LogP contribution in [0.15, 0.2) is 46.3 Å². The molecule has 0 bridgehead atoms. The highest BCUT2D eigenvalue weighted by atomic mass is 32.2. The topological polar surface area (TPSA) is 50.2 Å². The second-order valence-electron chi connectivity index (χ2n) is 3.36. The van der Waals surface area contributed by atoms with Crippen LogP contribution in [-0.4, -0.2) is 16.1 Å². The summed E-state index contributed by atoms with van der Waals surface area (Å²) in [6.45, 7) is 0. The Morgan fingerprint density at radius 2 is 1.83 bits per heavy atom. The van der Waals surface area contributed by atoms with Gasteiger partial charge in [-0.25, -0.2) is 18.6 Å². The maximum atomic E-state index is 13.0. The van der Waals surface area contributed by atoms with E-state index < -0.39 is 17.6 Å². The molecule has 1 aromatic heterocycles. The lowest BCUT2D eigenvalue weighted by Gasteiger charge is -2.02. The largest absolute Gasteiger partial charge is 0.477 e. The molecule has 0 saturated heterocycles. The third kappa shape index (κ3) is 2.84. The molecular weight excluding hydrogens is 260 g/mol. The van der Waals surface area contributed by atoms with Crippen molar-refractivity contribution in [1.29, 1.82) is 0 Å².